The third kappa shape index (κ3) is 9.88. The molecular weight excluding hydrogens is 142 g/mol. The fourth-order valence-corrected chi connectivity index (χ4v) is 0.901. The molecule has 0 saturated carbocycles. The van der Waals surface area contributed by atoms with E-state index in [0.717, 1.165) is 32.2 Å². The molecule has 0 aliphatic heterocycles. The molecule has 0 radical (unpaired) electrons. The van der Waals surface area contributed by atoms with Crippen LogP contribution in [0.3, 0.4) is 0 Å². The minimum absolute atomic E-state index is 0.295. The molecule has 0 aromatic carbocycles. The van der Waals surface area contributed by atoms with Gasteiger partial charge in [0.2, 0.25) is 0 Å². The van der Waals surface area contributed by atoms with Crippen LogP contribution in [0.5, 0.6) is 0 Å². The lowest BCUT2D eigenvalue weighted by Crippen LogP contribution is -2.26. The zero-order chi connectivity index (χ0) is 8.53. The van der Waals surface area contributed by atoms with Crippen molar-refractivity contribution < 1.29 is 10.2 Å². The molecule has 1 atom stereocenters. The van der Waals surface area contributed by atoms with E-state index in [4.69, 9.17) is 10.2 Å². The van der Waals surface area contributed by atoms with Crippen molar-refractivity contribution in [2.24, 2.45) is 0 Å². The summed E-state index contributed by atoms with van der Waals surface area (Å²) < 4.78 is 0. The Hall–Kier alpha value is -0.120. The van der Waals surface area contributed by atoms with E-state index < -0.39 is 6.23 Å². The van der Waals surface area contributed by atoms with Gasteiger partial charge in [-0.05, 0) is 26.3 Å². The maximum Gasteiger partial charge on any atom is 0.102 e. The molecule has 0 fully saturated rings. The van der Waals surface area contributed by atoms with Gasteiger partial charge >= 0.3 is 0 Å². The van der Waals surface area contributed by atoms with E-state index in [1.54, 1.807) is 6.92 Å². The summed E-state index contributed by atoms with van der Waals surface area (Å²) in [5.41, 5.74) is 0. The van der Waals surface area contributed by atoms with E-state index >= 15 is 0 Å². The van der Waals surface area contributed by atoms with Gasteiger partial charge in [-0.2, -0.15) is 0 Å². The zero-order valence-electron chi connectivity index (χ0n) is 7.21. The van der Waals surface area contributed by atoms with Gasteiger partial charge in [0, 0.05) is 6.61 Å². The maximum atomic E-state index is 8.80. The van der Waals surface area contributed by atoms with Crippen LogP contribution in [-0.2, 0) is 0 Å². The Morgan fingerprint density at radius 1 is 1.18 bits per heavy atom. The van der Waals surface area contributed by atoms with Crippen LogP contribution in [0, 0.1) is 0 Å². The van der Waals surface area contributed by atoms with Gasteiger partial charge in [-0.15, -0.1) is 0 Å². The summed E-state index contributed by atoms with van der Waals surface area (Å²) >= 11 is 0. The third-order valence-electron chi connectivity index (χ3n) is 1.52. The molecule has 0 saturated heterocycles. The van der Waals surface area contributed by atoms with Crippen molar-refractivity contribution in [3.05, 3.63) is 0 Å². The fraction of sp³-hybridized carbons (Fsp3) is 1.00. The highest BCUT2D eigenvalue weighted by molar-refractivity contribution is 4.48. The van der Waals surface area contributed by atoms with Crippen LogP contribution in [-0.4, -0.2) is 29.6 Å². The lowest BCUT2D eigenvalue weighted by Gasteiger charge is -2.05. The minimum Gasteiger partial charge on any atom is -0.396 e. The third-order valence-corrected chi connectivity index (χ3v) is 1.52. The number of hydrogen-bond donors (Lipinski definition) is 3. The summed E-state index contributed by atoms with van der Waals surface area (Å²) in [5.74, 6) is 0. The molecule has 0 bridgehead atoms. The van der Waals surface area contributed by atoms with Gasteiger partial charge in [-0.25, -0.2) is 0 Å². The Labute approximate surface area is 68.4 Å². The molecule has 68 valence electrons. The largest absolute Gasteiger partial charge is 0.396 e. The SMILES string of the molecule is CC(O)NCCCCCCO. The summed E-state index contributed by atoms with van der Waals surface area (Å²) in [6, 6.07) is 0. The van der Waals surface area contributed by atoms with Crippen molar-refractivity contribution in [3.63, 3.8) is 0 Å². The lowest BCUT2D eigenvalue weighted by molar-refractivity contribution is 0.156. The van der Waals surface area contributed by atoms with Crippen LogP contribution in [0.2, 0.25) is 0 Å². The normalized spacial score (nSPS) is 13.4. The second-order valence-electron chi connectivity index (χ2n) is 2.77. The standard InChI is InChI=1S/C8H19NO2/c1-8(11)9-6-4-2-3-5-7-10/h8-11H,2-7H2,1H3. The number of unbranched alkanes of at least 4 members (excludes halogenated alkanes) is 3. The predicted molar refractivity (Wildman–Crippen MR) is 45.2 cm³/mol. The van der Waals surface area contributed by atoms with Crippen molar-refractivity contribution in [3.8, 4) is 0 Å². The number of aliphatic hydroxyl groups is 2. The quantitative estimate of drug-likeness (QED) is 0.376. The Bertz CT molecular complexity index is 76.5. The summed E-state index contributed by atoms with van der Waals surface area (Å²) in [4.78, 5) is 0. The molecule has 3 heteroatoms. The van der Waals surface area contributed by atoms with Gasteiger partial charge in [0.25, 0.3) is 0 Å². The molecule has 3 N–H and O–H groups in total. The Kier molecular flexibility index (Phi) is 7.89. The lowest BCUT2D eigenvalue weighted by atomic mass is 10.2. The molecular formula is C8H19NO2. The van der Waals surface area contributed by atoms with E-state index in [-0.39, 0.29) is 0 Å². The highest BCUT2D eigenvalue weighted by Crippen LogP contribution is 1.97. The molecule has 0 aliphatic carbocycles. The topological polar surface area (TPSA) is 52.5 Å². The summed E-state index contributed by atoms with van der Waals surface area (Å²) in [6.45, 7) is 2.88. The van der Waals surface area contributed by atoms with Crippen molar-refractivity contribution in [1.82, 2.24) is 5.32 Å². The van der Waals surface area contributed by atoms with E-state index in [1.165, 1.54) is 0 Å². The van der Waals surface area contributed by atoms with Crippen LogP contribution >= 0.6 is 0 Å². The molecule has 0 aromatic rings. The molecule has 0 spiro atoms. The smallest absolute Gasteiger partial charge is 0.102 e. The Morgan fingerprint density at radius 2 is 1.82 bits per heavy atom. The van der Waals surface area contributed by atoms with Crippen LogP contribution in [0.4, 0.5) is 0 Å². The summed E-state index contributed by atoms with van der Waals surface area (Å²) in [5, 5.41) is 20.2. The highest BCUT2D eigenvalue weighted by Gasteiger charge is 1.92. The number of aliphatic hydroxyl groups excluding tert-OH is 2. The molecule has 0 amide bonds. The number of rotatable bonds is 7. The van der Waals surface area contributed by atoms with Crippen LogP contribution in [0.15, 0.2) is 0 Å². The van der Waals surface area contributed by atoms with Crippen molar-refractivity contribution in [2.75, 3.05) is 13.2 Å². The first-order valence-electron chi connectivity index (χ1n) is 4.29. The first-order chi connectivity index (χ1) is 5.27. The molecule has 0 aliphatic rings. The van der Waals surface area contributed by atoms with Crippen LogP contribution in [0.25, 0.3) is 0 Å². The second-order valence-corrected chi connectivity index (χ2v) is 2.77. The highest BCUT2D eigenvalue weighted by atomic mass is 16.3. The molecule has 0 rings (SSSR count). The van der Waals surface area contributed by atoms with Gasteiger partial charge in [0.15, 0.2) is 0 Å². The van der Waals surface area contributed by atoms with Gasteiger partial charge in [-0.3, -0.25) is 5.32 Å². The molecule has 0 heterocycles. The summed E-state index contributed by atoms with van der Waals surface area (Å²) in [7, 11) is 0. The Morgan fingerprint density at radius 3 is 2.36 bits per heavy atom. The van der Waals surface area contributed by atoms with E-state index in [1.807, 2.05) is 0 Å². The van der Waals surface area contributed by atoms with Gasteiger partial charge < -0.3 is 10.2 Å². The second kappa shape index (κ2) is 7.98. The fourth-order valence-electron chi connectivity index (χ4n) is 0.901. The van der Waals surface area contributed by atoms with Gasteiger partial charge in [0.05, 0.1) is 0 Å². The van der Waals surface area contributed by atoms with E-state index in [2.05, 4.69) is 5.32 Å². The van der Waals surface area contributed by atoms with Crippen molar-refractivity contribution >= 4 is 0 Å². The first-order valence-corrected chi connectivity index (χ1v) is 4.29. The average molecular weight is 161 g/mol. The predicted octanol–water partition coefficient (Wildman–Crippen LogP) is 0.467. The monoisotopic (exact) mass is 161 g/mol. The van der Waals surface area contributed by atoms with Crippen LogP contribution < -0.4 is 5.32 Å². The van der Waals surface area contributed by atoms with Crippen molar-refractivity contribution in [1.29, 1.82) is 0 Å². The Balaban J connectivity index is 2.80. The molecule has 11 heavy (non-hydrogen) atoms. The minimum atomic E-state index is -0.396. The number of nitrogens with one attached hydrogen (secondary N) is 1. The zero-order valence-corrected chi connectivity index (χ0v) is 7.21. The summed E-state index contributed by atoms with van der Waals surface area (Å²) in [6.07, 6.45) is 3.78. The molecule has 0 aromatic heterocycles. The molecule has 1 unspecified atom stereocenters. The number of hydrogen-bond acceptors (Lipinski definition) is 3. The maximum absolute atomic E-state index is 8.80. The molecule has 3 nitrogen and oxygen atoms in total. The van der Waals surface area contributed by atoms with Crippen molar-refractivity contribution in [2.45, 2.75) is 38.8 Å². The van der Waals surface area contributed by atoms with Crippen LogP contribution in [0.1, 0.15) is 32.6 Å². The van der Waals surface area contributed by atoms with E-state index in [9.17, 15) is 0 Å². The van der Waals surface area contributed by atoms with Gasteiger partial charge in [-0.1, -0.05) is 12.8 Å². The first kappa shape index (κ1) is 10.9. The van der Waals surface area contributed by atoms with Gasteiger partial charge in [0.1, 0.15) is 6.23 Å². The average Bonchev–Trinajstić information content (AvgIpc) is 1.96. The van der Waals surface area contributed by atoms with E-state index in [0.29, 0.717) is 6.61 Å².